The summed E-state index contributed by atoms with van der Waals surface area (Å²) in [6.45, 7) is 6.96. The number of imide groups is 1. The molecule has 2 fully saturated rings. The van der Waals surface area contributed by atoms with Crippen LogP contribution >= 0.6 is 0 Å². The van der Waals surface area contributed by atoms with Gasteiger partial charge in [-0.2, -0.15) is 0 Å². The molecular formula is C19H26N2O4. The van der Waals surface area contributed by atoms with Crippen LogP contribution in [0.25, 0.3) is 0 Å². The molecule has 2 atom stereocenters. The first-order chi connectivity index (χ1) is 12.0. The molecule has 3 rings (SSSR count). The zero-order valence-electron chi connectivity index (χ0n) is 14.9. The molecule has 1 aromatic rings. The lowest BCUT2D eigenvalue weighted by atomic mass is 10.0. The van der Waals surface area contributed by atoms with Gasteiger partial charge in [-0.1, -0.05) is 12.1 Å². The molecule has 6 nitrogen and oxygen atoms in total. The van der Waals surface area contributed by atoms with Crippen molar-refractivity contribution in [3.05, 3.63) is 29.8 Å². The van der Waals surface area contributed by atoms with Crippen molar-refractivity contribution in [3.63, 3.8) is 0 Å². The Morgan fingerprint density at radius 1 is 1.28 bits per heavy atom. The van der Waals surface area contributed by atoms with Crippen molar-refractivity contribution in [1.29, 1.82) is 0 Å². The van der Waals surface area contributed by atoms with Crippen molar-refractivity contribution in [2.75, 3.05) is 19.8 Å². The number of rotatable bonds is 5. The van der Waals surface area contributed by atoms with Crippen LogP contribution in [-0.2, 0) is 20.7 Å². The molecule has 0 radical (unpaired) electrons. The Morgan fingerprint density at radius 3 is 2.72 bits per heavy atom. The van der Waals surface area contributed by atoms with Crippen LogP contribution in [-0.4, -0.2) is 54.7 Å². The van der Waals surface area contributed by atoms with E-state index in [1.807, 2.05) is 24.3 Å². The van der Waals surface area contributed by atoms with Crippen LogP contribution in [0, 0.1) is 0 Å². The van der Waals surface area contributed by atoms with Crippen LogP contribution in [0.15, 0.2) is 24.3 Å². The van der Waals surface area contributed by atoms with E-state index in [4.69, 9.17) is 9.47 Å². The molecule has 0 aromatic heterocycles. The third kappa shape index (κ3) is 4.58. The van der Waals surface area contributed by atoms with E-state index in [-0.39, 0.29) is 11.8 Å². The third-order valence-electron chi connectivity index (χ3n) is 4.80. The van der Waals surface area contributed by atoms with E-state index in [1.165, 1.54) is 5.56 Å². The maximum Gasteiger partial charge on any atom is 0.267 e. The monoisotopic (exact) mass is 346 g/mol. The highest BCUT2D eigenvalue weighted by molar-refractivity contribution is 5.99. The van der Waals surface area contributed by atoms with E-state index in [0.717, 1.165) is 26.2 Å². The highest BCUT2D eigenvalue weighted by atomic mass is 16.5. The zero-order chi connectivity index (χ0) is 17.8. The SMILES string of the molecule is CC(C)N1CCOCC1Cc1ccc(OC2CCC(=O)NC2=O)cc1. The van der Waals surface area contributed by atoms with Gasteiger partial charge in [0.05, 0.1) is 13.2 Å². The highest BCUT2D eigenvalue weighted by Crippen LogP contribution is 2.20. The summed E-state index contributed by atoms with van der Waals surface area (Å²) in [7, 11) is 0. The number of carbonyl (C=O) groups excluding carboxylic acids is 2. The van der Waals surface area contributed by atoms with Crippen LogP contribution in [0.1, 0.15) is 32.3 Å². The van der Waals surface area contributed by atoms with Gasteiger partial charge in [0.25, 0.3) is 5.91 Å². The van der Waals surface area contributed by atoms with E-state index in [9.17, 15) is 9.59 Å². The normalized spacial score (nSPS) is 25.1. The standard InChI is InChI=1S/C19H26N2O4/c1-13(2)21-9-10-24-12-15(21)11-14-3-5-16(6-4-14)25-17-7-8-18(22)20-19(17)23/h3-6,13,15,17H,7-12H2,1-2H3,(H,20,22,23). The van der Waals surface area contributed by atoms with E-state index < -0.39 is 6.10 Å². The fourth-order valence-corrected chi connectivity index (χ4v) is 3.45. The maximum atomic E-state index is 11.8. The topological polar surface area (TPSA) is 67.9 Å². The minimum atomic E-state index is -0.591. The average Bonchev–Trinajstić information content (AvgIpc) is 2.59. The van der Waals surface area contributed by atoms with E-state index in [0.29, 0.717) is 30.7 Å². The maximum absolute atomic E-state index is 11.8. The average molecular weight is 346 g/mol. The van der Waals surface area contributed by atoms with Gasteiger partial charge in [0.2, 0.25) is 5.91 Å². The van der Waals surface area contributed by atoms with Gasteiger partial charge in [0.1, 0.15) is 5.75 Å². The Labute approximate surface area is 148 Å². The summed E-state index contributed by atoms with van der Waals surface area (Å²) in [4.78, 5) is 25.4. The second-order valence-electron chi connectivity index (χ2n) is 6.97. The van der Waals surface area contributed by atoms with Gasteiger partial charge in [-0.3, -0.25) is 19.8 Å². The number of hydrogen-bond acceptors (Lipinski definition) is 5. The van der Waals surface area contributed by atoms with E-state index in [2.05, 4.69) is 24.1 Å². The fourth-order valence-electron chi connectivity index (χ4n) is 3.45. The first kappa shape index (κ1) is 17.9. The largest absolute Gasteiger partial charge is 0.481 e. The lowest BCUT2D eigenvalue weighted by Gasteiger charge is -2.38. The molecule has 1 N–H and O–H groups in total. The molecule has 25 heavy (non-hydrogen) atoms. The van der Waals surface area contributed by atoms with Crippen LogP contribution < -0.4 is 10.1 Å². The Balaban J connectivity index is 1.58. The Hall–Kier alpha value is -1.92. The van der Waals surface area contributed by atoms with Gasteiger partial charge in [0, 0.05) is 31.5 Å². The Bertz CT molecular complexity index is 614. The van der Waals surface area contributed by atoms with Crippen molar-refractivity contribution >= 4 is 11.8 Å². The number of hydrogen-bond donors (Lipinski definition) is 1. The highest BCUT2D eigenvalue weighted by Gasteiger charge is 2.28. The number of amides is 2. The molecule has 0 saturated carbocycles. The van der Waals surface area contributed by atoms with Crippen molar-refractivity contribution in [1.82, 2.24) is 10.2 Å². The van der Waals surface area contributed by atoms with Crippen molar-refractivity contribution in [3.8, 4) is 5.75 Å². The molecule has 2 unspecified atom stereocenters. The molecule has 0 aliphatic carbocycles. The lowest BCUT2D eigenvalue weighted by molar-refractivity contribution is -0.138. The smallest absolute Gasteiger partial charge is 0.267 e. The van der Waals surface area contributed by atoms with Crippen LogP contribution in [0.4, 0.5) is 0 Å². The Morgan fingerprint density at radius 2 is 2.04 bits per heavy atom. The summed E-state index contributed by atoms with van der Waals surface area (Å²) in [6.07, 6.45) is 1.08. The van der Waals surface area contributed by atoms with Gasteiger partial charge >= 0.3 is 0 Å². The first-order valence-corrected chi connectivity index (χ1v) is 8.95. The fraction of sp³-hybridized carbons (Fsp3) is 0.579. The summed E-state index contributed by atoms with van der Waals surface area (Å²) in [6, 6.07) is 8.74. The summed E-state index contributed by atoms with van der Waals surface area (Å²) < 4.78 is 11.4. The number of nitrogens with one attached hydrogen (secondary N) is 1. The Kier molecular flexibility index (Phi) is 5.71. The molecule has 6 heteroatoms. The third-order valence-corrected chi connectivity index (χ3v) is 4.80. The summed E-state index contributed by atoms with van der Waals surface area (Å²) in [5.41, 5.74) is 1.22. The van der Waals surface area contributed by atoms with Gasteiger partial charge in [-0.15, -0.1) is 0 Å². The first-order valence-electron chi connectivity index (χ1n) is 8.95. The van der Waals surface area contributed by atoms with Crippen LogP contribution in [0.5, 0.6) is 5.75 Å². The van der Waals surface area contributed by atoms with Crippen molar-refractivity contribution in [2.24, 2.45) is 0 Å². The van der Waals surface area contributed by atoms with Crippen LogP contribution in [0.2, 0.25) is 0 Å². The molecular weight excluding hydrogens is 320 g/mol. The van der Waals surface area contributed by atoms with Gasteiger partial charge in [-0.05, 0) is 38.0 Å². The second kappa shape index (κ2) is 7.97. The number of ether oxygens (including phenoxy) is 2. The zero-order valence-corrected chi connectivity index (χ0v) is 14.9. The molecule has 136 valence electrons. The van der Waals surface area contributed by atoms with E-state index >= 15 is 0 Å². The van der Waals surface area contributed by atoms with Gasteiger partial charge in [0.15, 0.2) is 6.10 Å². The molecule has 2 aliphatic heterocycles. The number of carbonyl (C=O) groups is 2. The number of benzene rings is 1. The van der Waals surface area contributed by atoms with Gasteiger partial charge in [-0.25, -0.2) is 0 Å². The molecule has 2 saturated heterocycles. The number of piperidine rings is 1. The molecule has 1 aromatic carbocycles. The quantitative estimate of drug-likeness (QED) is 0.819. The summed E-state index contributed by atoms with van der Waals surface area (Å²) in [5.74, 6) is 0.0655. The molecule has 2 aliphatic rings. The predicted molar refractivity (Wildman–Crippen MR) is 93.4 cm³/mol. The minimum absolute atomic E-state index is 0.232. The summed E-state index contributed by atoms with van der Waals surface area (Å²) >= 11 is 0. The van der Waals surface area contributed by atoms with Crippen LogP contribution in [0.3, 0.4) is 0 Å². The lowest BCUT2D eigenvalue weighted by Crippen LogP contribution is -2.49. The molecule has 0 bridgehead atoms. The molecule has 2 heterocycles. The molecule has 2 amide bonds. The number of nitrogens with zero attached hydrogens (tertiary/aromatic N) is 1. The minimum Gasteiger partial charge on any atom is -0.481 e. The molecule has 0 spiro atoms. The number of morpholine rings is 1. The second-order valence-corrected chi connectivity index (χ2v) is 6.97. The van der Waals surface area contributed by atoms with Gasteiger partial charge < -0.3 is 9.47 Å². The van der Waals surface area contributed by atoms with E-state index in [1.54, 1.807) is 0 Å². The van der Waals surface area contributed by atoms with Crippen molar-refractivity contribution < 1.29 is 19.1 Å². The summed E-state index contributed by atoms with van der Waals surface area (Å²) in [5, 5.41) is 2.31. The predicted octanol–water partition coefficient (Wildman–Crippen LogP) is 1.52. The van der Waals surface area contributed by atoms with Crippen molar-refractivity contribution in [2.45, 2.75) is 51.3 Å².